The summed E-state index contributed by atoms with van der Waals surface area (Å²) in [6.07, 6.45) is 2.61. The number of amides is 2. The zero-order chi connectivity index (χ0) is 14.8. The summed E-state index contributed by atoms with van der Waals surface area (Å²) in [5, 5.41) is 3.77. The van der Waals surface area contributed by atoms with Gasteiger partial charge in [0.2, 0.25) is 5.91 Å². The fourth-order valence-corrected chi connectivity index (χ4v) is 2.67. The maximum atomic E-state index is 12.4. The van der Waals surface area contributed by atoms with Crippen LogP contribution in [0.5, 0.6) is 0 Å². The van der Waals surface area contributed by atoms with Crippen molar-refractivity contribution in [3.8, 4) is 0 Å². The van der Waals surface area contributed by atoms with Gasteiger partial charge in [0.05, 0.1) is 0 Å². The van der Waals surface area contributed by atoms with Crippen LogP contribution in [0.4, 0.5) is 5.69 Å². The first kappa shape index (κ1) is 13.7. The van der Waals surface area contributed by atoms with Gasteiger partial charge in [-0.25, -0.2) is 0 Å². The van der Waals surface area contributed by atoms with Gasteiger partial charge in [-0.05, 0) is 37.1 Å². The quantitative estimate of drug-likeness (QED) is 0.910. The molecule has 2 N–H and O–H groups in total. The number of fused-ring (bicyclic) bond motifs is 1. The van der Waals surface area contributed by atoms with Gasteiger partial charge in [-0.15, -0.1) is 0 Å². The summed E-state index contributed by atoms with van der Waals surface area (Å²) in [4.78, 5) is 28.8. The van der Waals surface area contributed by atoms with E-state index >= 15 is 0 Å². The minimum Gasteiger partial charge on any atom is -0.351 e. The first-order valence-electron chi connectivity index (χ1n) is 7.39. The third kappa shape index (κ3) is 2.77. The monoisotopic (exact) mass is 285 g/mol. The van der Waals surface area contributed by atoms with Crippen LogP contribution < -0.4 is 5.32 Å². The molecule has 2 heterocycles. The normalized spacial score (nSPS) is 14.6. The third-order valence-electron chi connectivity index (χ3n) is 3.85. The molecule has 21 heavy (non-hydrogen) atoms. The number of nitrogens with zero attached hydrogens (tertiary/aromatic N) is 1. The molecule has 0 spiro atoms. The van der Waals surface area contributed by atoms with Crippen LogP contribution >= 0.6 is 0 Å². The van der Waals surface area contributed by atoms with Gasteiger partial charge in [-0.1, -0.05) is 6.92 Å². The topological polar surface area (TPSA) is 65.2 Å². The molecule has 2 amide bonds. The van der Waals surface area contributed by atoms with Crippen molar-refractivity contribution in [2.45, 2.75) is 26.2 Å². The number of benzene rings is 1. The Morgan fingerprint density at radius 3 is 2.71 bits per heavy atom. The highest BCUT2D eigenvalue weighted by atomic mass is 16.2. The lowest BCUT2D eigenvalue weighted by Crippen LogP contribution is -2.27. The molecule has 0 radical (unpaired) electrons. The van der Waals surface area contributed by atoms with E-state index in [9.17, 15) is 9.59 Å². The Labute approximate surface area is 123 Å². The van der Waals surface area contributed by atoms with Crippen molar-refractivity contribution in [1.82, 2.24) is 9.88 Å². The van der Waals surface area contributed by atoms with Crippen LogP contribution in [0.2, 0.25) is 0 Å². The van der Waals surface area contributed by atoms with E-state index in [2.05, 4.69) is 10.3 Å². The summed E-state index contributed by atoms with van der Waals surface area (Å²) in [7, 11) is 0. The number of carbonyl (C=O) groups is 2. The van der Waals surface area contributed by atoms with Crippen LogP contribution in [0.25, 0.3) is 10.9 Å². The predicted octanol–water partition coefficient (Wildman–Crippen LogP) is 2.75. The third-order valence-corrected chi connectivity index (χ3v) is 3.85. The van der Waals surface area contributed by atoms with Gasteiger partial charge in [-0.2, -0.15) is 0 Å². The predicted molar refractivity (Wildman–Crippen MR) is 82.4 cm³/mol. The minimum absolute atomic E-state index is 0.0155. The van der Waals surface area contributed by atoms with E-state index in [4.69, 9.17) is 0 Å². The molecule has 1 aromatic carbocycles. The Morgan fingerprint density at radius 2 is 2.00 bits per heavy atom. The molecule has 1 fully saturated rings. The standard InChI is InChI=1S/C16H19N3O2/c1-2-15(20)17-12-5-6-13-11(9-12)10-14(18-13)16(21)19-7-3-4-8-19/h5-6,9-10,18H,2-4,7-8H2,1H3,(H,17,20). The summed E-state index contributed by atoms with van der Waals surface area (Å²) in [6.45, 7) is 3.50. The van der Waals surface area contributed by atoms with Crippen molar-refractivity contribution in [1.29, 1.82) is 0 Å². The van der Waals surface area contributed by atoms with Crippen molar-refractivity contribution >= 4 is 28.4 Å². The summed E-state index contributed by atoms with van der Waals surface area (Å²) < 4.78 is 0. The van der Waals surface area contributed by atoms with Crippen molar-refractivity contribution in [3.63, 3.8) is 0 Å². The van der Waals surface area contributed by atoms with Gasteiger partial charge in [0.1, 0.15) is 5.69 Å². The molecule has 3 rings (SSSR count). The highest BCUT2D eigenvalue weighted by Crippen LogP contribution is 2.22. The average Bonchev–Trinajstić information content (AvgIpc) is 3.15. The van der Waals surface area contributed by atoms with Gasteiger partial charge in [0, 0.05) is 36.1 Å². The second-order valence-corrected chi connectivity index (χ2v) is 5.39. The first-order chi connectivity index (χ1) is 10.2. The van der Waals surface area contributed by atoms with Crippen LogP contribution in [-0.2, 0) is 4.79 Å². The molecule has 1 aliphatic heterocycles. The number of hydrogen-bond acceptors (Lipinski definition) is 2. The number of nitrogens with one attached hydrogen (secondary N) is 2. The maximum absolute atomic E-state index is 12.4. The van der Waals surface area contributed by atoms with Crippen molar-refractivity contribution in [2.75, 3.05) is 18.4 Å². The molecule has 1 aliphatic rings. The number of aromatic amines is 1. The molecular weight excluding hydrogens is 266 g/mol. The second-order valence-electron chi connectivity index (χ2n) is 5.39. The van der Waals surface area contributed by atoms with Gasteiger partial charge >= 0.3 is 0 Å². The van der Waals surface area contributed by atoms with E-state index in [1.165, 1.54) is 0 Å². The molecule has 2 aromatic rings. The van der Waals surface area contributed by atoms with Gasteiger partial charge < -0.3 is 15.2 Å². The average molecular weight is 285 g/mol. The van der Waals surface area contributed by atoms with E-state index in [1.807, 2.05) is 36.1 Å². The van der Waals surface area contributed by atoms with E-state index < -0.39 is 0 Å². The van der Waals surface area contributed by atoms with Gasteiger partial charge in [0.15, 0.2) is 0 Å². The smallest absolute Gasteiger partial charge is 0.270 e. The summed E-state index contributed by atoms with van der Waals surface area (Å²) in [6, 6.07) is 7.48. The van der Waals surface area contributed by atoms with E-state index in [0.29, 0.717) is 12.1 Å². The first-order valence-corrected chi connectivity index (χ1v) is 7.39. The molecule has 0 atom stereocenters. The maximum Gasteiger partial charge on any atom is 0.270 e. The summed E-state index contributed by atoms with van der Waals surface area (Å²) >= 11 is 0. The Morgan fingerprint density at radius 1 is 1.24 bits per heavy atom. The molecular formula is C16H19N3O2. The molecule has 0 bridgehead atoms. The zero-order valence-corrected chi connectivity index (χ0v) is 12.1. The minimum atomic E-state index is -0.0155. The fraction of sp³-hybridized carbons (Fsp3) is 0.375. The Balaban J connectivity index is 1.85. The number of rotatable bonds is 3. The number of carbonyl (C=O) groups excluding carboxylic acids is 2. The molecule has 0 saturated carbocycles. The van der Waals surface area contributed by atoms with Crippen LogP contribution in [-0.4, -0.2) is 34.8 Å². The van der Waals surface area contributed by atoms with Gasteiger partial charge in [-0.3, -0.25) is 9.59 Å². The molecule has 110 valence electrons. The zero-order valence-electron chi connectivity index (χ0n) is 12.1. The Kier molecular flexibility index (Phi) is 3.64. The molecule has 1 saturated heterocycles. The van der Waals surface area contributed by atoms with Gasteiger partial charge in [0.25, 0.3) is 5.91 Å². The van der Waals surface area contributed by atoms with E-state index in [-0.39, 0.29) is 11.8 Å². The highest BCUT2D eigenvalue weighted by molar-refractivity contribution is 6.00. The lowest BCUT2D eigenvalue weighted by Gasteiger charge is -2.13. The van der Waals surface area contributed by atoms with Crippen LogP contribution in [0.15, 0.2) is 24.3 Å². The van der Waals surface area contributed by atoms with Crippen molar-refractivity contribution < 1.29 is 9.59 Å². The highest BCUT2D eigenvalue weighted by Gasteiger charge is 2.20. The Bertz CT molecular complexity index is 684. The SMILES string of the molecule is CCC(=O)Nc1ccc2[nH]c(C(=O)N3CCCC3)cc2c1. The molecule has 0 unspecified atom stereocenters. The summed E-state index contributed by atoms with van der Waals surface area (Å²) in [5.74, 6) is 0.0427. The molecule has 5 nitrogen and oxygen atoms in total. The number of anilines is 1. The number of H-pyrrole nitrogens is 1. The van der Waals surface area contributed by atoms with Crippen molar-refractivity contribution in [2.24, 2.45) is 0 Å². The fourth-order valence-electron chi connectivity index (χ4n) is 2.67. The van der Waals surface area contributed by atoms with Crippen LogP contribution in [0.1, 0.15) is 36.7 Å². The van der Waals surface area contributed by atoms with E-state index in [1.54, 1.807) is 0 Å². The number of hydrogen-bond donors (Lipinski definition) is 2. The second kappa shape index (κ2) is 5.60. The molecule has 1 aromatic heterocycles. The lowest BCUT2D eigenvalue weighted by atomic mass is 10.2. The number of likely N-dealkylation sites (tertiary alicyclic amines) is 1. The van der Waals surface area contributed by atoms with Crippen LogP contribution in [0.3, 0.4) is 0 Å². The number of aromatic nitrogens is 1. The molecule has 5 heteroatoms. The molecule has 0 aliphatic carbocycles. The Hall–Kier alpha value is -2.30. The largest absolute Gasteiger partial charge is 0.351 e. The van der Waals surface area contributed by atoms with Crippen LogP contribution in [0, 0.1) is 0 Å². The van der Waals surface area contributed by atoms with Crippen molar-refractivity contribution in [3.05, 3.63) is 30.0 Å². The lowest BCUT2D eigenvalue weighted by molar-refractivity contribution is -0.115. The summed E-state index contributed by atoms with van der Waals surface area (Å²) in [5.41, 5.74) is 2.28. The van der Waals surface area contributed by atoms with E-state index in [0.717, 1.165) is 42.5 Å².